The number of hydrogen-bond acceptors (Lipinski definition) is 3. The number of rotatable bonds is 10. The average molecular weight is 387 g/mol. The zero-order chi connectivity index (χ0) is 19.8. The molecule has 28 heavy (non-hydrogen) atoms. The van der Waals surface area contributed by atoms with E-state index in [9.17, 15) is 4.79 Å². The van der Waals surface area contributed by atoms with E-state index in [1.165, 1.54) is 18.4 Å². The lowest BCUT2D eigenvalue weighted by Gasteiger charge is -2.16. The molecular weight excluding hydrogens is 352 g/mol. The van der Waals surface area contributed by atoms with Crippen LogP contribution in [0.3, 0.4) is 0 Å². The van der Waals surface area contributed by atoms with Crippen molar-refractivity contribution in [3.8, 4) is 5.75 Å². The van der Waals surface area contributed by atoms with Gasteiger partial charge < -0.3 is 20.3 Å². The van der Waals surface area contributed by atoms with Crippen LogP contribution in [0.2, 0.25) is 0 Å². The Morgan fingerprint density at radius 1 is 1.32 bits per heavy atom. The summed E-state index contributed by atoms with van der Waals surface area (Å²) in [6.45, 7) is 8.90. The molecule has 154 valence electrons. The summed E-state index contributed by atoms with van der Waals surface area (Å²) >= 11 is 0. The Bertz CT molecular complexity index is 685. The quantitative estimate of drug-likeness (QED) is 0.369. The first kappa shape index (κ1) is 20.5. The normalized spacial score (nSPS) is 17.1. The van der Waals surface area contributed by atoms with Gasteiger partial charge in [0.2, 0.25) is 5.91 Å². The van der Waals surface area contributed by atoms with Crippen molar-refractivity contribution >= 4 is 11.9 Å². The minimum atomic E-state index is 0.290. The summed E-state index contributed by atoms with van der Waals surface area (Å²) in [5.41, 5.74) is 2.33. The fraction of sp³-hybridized carbons (Fsp3) is 0.636. The highest BCUT2D eigenvalue weighted by atomic mass is 16.5. The third kappa shape index (κ3) is 6.43. The van der Waals surface area contributed by atoms with Gasteiger partial charge in [-0.1, -0.05) is 12.1 Å². The standard InChI is InChI=1S/C22H34N4O2/c1-3-23-22(24-11-5-13-26-12-4-6-21(26)27)25-15-19-10-7-17(2)14-20(19)28-16-18-8-9-18/h7,10,14,18H,3-6,8-9,11-13,15-16H2,1-2H3,(H2,23,24,25). The highest BCUT2D eigenvalue weighted by Crippen LogP contribution is 2.30. The van der Waals surface area contributed by atoms with Crippen LogP contribution in [0.4, 0.5) is 0 Å². The Morgan fingerprint density at radius 3 is 2.89 bits per heavy atom. The molecule has 1 aromatic rings. The summed E-state index contributed by atoms with van der Waals surface area (Å²) in [7, 11) is 0. The van der Waals surface area contributed by atoms with Gasteiger partial charge in [-0.05, 0) is 57.1 Å². The highest BCUT2D eigenvalue weighted by Gasteiger charge is 2.22. The van der Waals surface area contributed by atoms with E-state index in [1.54, 1.807) is 0 Å². The molecule has 1 amide bonds. The third-order valence-electron chi connectivity index (χ3n) is 5.21. The van der Waals surface area contributed by atoms with Crippen LogP contribution in [0.5, 0.6) is 5.75 Å². The monoisotopic (exact) mass is 386 g/mol. The summed E-state index contributed by atoms with van der Waals surface area (Å²) in [4.78, 5) is 18.4. The summed E-state index contributed by atoms with van der Waals surface area (Å²) < 4.78 is 6.05. The number of aliphatic imine (C=N–C) groups is 1. The molecule has 0 radical (unpaired) electrons. The second-order valence-corrected chi connectivity index (χ2v) is 7.83. The van der Waals surface area contributed by atoms with Crippen molar-refractivity contribution < 1.29 is 9.53 Å². The zero-order valence-corrected chi connectivity index (χ0v) is 17.3. The van der Waals surface area contributed by atoms with Crippen LogP contribution in [0.25, 0.3) is 0 Å². The number of carbonyl (C=O) groups is 1. The Hall–Kier alpha value is -2.24. The molecule has 1 saturated carbocycles. The van der Waals surface area contributed by atoms with Crippen molar-refractivity contribution in [2.45, 2.75) is 52.5 Å². The molecule has 1 saturated heterocycles. The fourth-order valence-electron chi connectivity index (χ4n) is 3.34. The van der Waals surface area contributed by atoms with Crippen molar-refractivity contribution in [3.63, 3.8) is 0 Å². The largest absolute Gasteiger partial charge is 0.493 e. The van der Waals surface area contributed by atoms with Crippen molar-refractivity contribution in [1.29, 1.82) is 0 Å². The predicted molar refractivity (Wildman–Crippen MR) is 113 cm³/mol. The molecule has 6 nitrogen and oxygen atoms in total. The molecule has 1 aliphatic carbocycles. The number of ether oxygens (including phenoxy) is 1. The summed E-state index contributed by atoms with van der Waals surface area (Å²) in [5, 5.41) is 6.68. The van der Waals surface area contributed by atoms with Crippen LogP contribution in [-0.4, -0.2) is 49.6 Å². The van der Waals surface area contributed by atoms with E-state index in [-0.39, 0.29) is 0 Å². The SMILES string of the molecule is CCNC(=NCc1ccc(C)cc1OCC1CC1)NCCCN1CCCC1=O. The van der Waals surface area contributed by atoms with Crippen molar-refractivity contribution in [1.82, 2.24) is 15.5 Å². The number of amides is 1. The minimum absolute atomic E-state index is 0.290. The van der Waals surface area contributed by atoms with Gasteiger partial charge in [0, 0.05) is 38.2 Å². The van der Waals surface area contributed by atoms with Gasteiger partial charge in [0.05, 0.1) is 13.2 Å². The maximum absolute atomic E-state index is 11.7. The van der Waals surface area contributed by atoms with E-state index >= 15 is 0 Å². The topological polar surface area (TPSA) is 66.0 Å². The van der Waals surface area contributed by atoms with Crippen molar-refractivity contribution in [3.05, 3.63) is 29.3 Å². The Morgan fingerprint density at radius 2 is 2.18 bits per heavy atom. The molecular formula is C22H34N4O2. The van der Waals surface area contributed by atoms with Crippen LogP contribution in [0, 0.1) is 12.8 Å². The molecule has 0 aromatic heterocycles. The summed E-state index contributed by atoms with van der Waals surface area (Å²) in [6, 6.07) is 6.34. The first-order valence-corrected chi connectivity index (χ1v) is 10.7. The van der Waals surface area contributed by atoms with Crippen LogP contribution in [0.15, 0.2) is 23.2 Å². The molecule has 0 spiro atoms. The lowest BCUT2D eigenvalue weighted by molar-refractivity contribution is -0.127. The molecule has 2 fully saturated rings. The number of nitrogens with zero attached hydrogens (tertiary/aromatic N) is 2. The number of hydrogen-bond donors (Lipinski definition) is 2. The zero-order valence-electron chi connectivity index (χ0n) is 17.3. The van der Waals surface area contributed by atoms with Gasteiger partial charge in [-0.15, -0.1) is 0 Å². The lowest BCUT2D eigenvalue weighted by Crippen LogP contribution is -2.39. The smallest absolute Gasteiger partial charge is 0.222 e. The van der Waals surface area contributed by atoms with Crippen LogP contribution >= 0.6 is 0 Å². The molecule has 1 aliphatic heterocycles. The van der Waals surface area contributed by atoms with Gasteiger partial charge in [0.25, 0.3) is 0 Å². The number of guanidine groups is 1. The Balaban J connectivity index is 1.50. The molecule has 2 N–H and O–H groups in total. The van der Waals surface area contributed by atoms with E-state index in [1.807, 2.05) is 4.90 Å². The van der Waals surface area contributed by atoms with Crippen molar-refractivity contribution in [2.75, 3.05) is 32.8 Å². The van der Waals surface area contributed by atoms with E-state index in [2.05, 4.69) is 42.7 Å². The molecule has 1 aromatic carbocycles. The maximum Gasteiger partial charge on any atom is 0.222 e. The molecule has 0 atom stereocenters. The van der Waals surface area contributed by atoms with E-state index in [4.69, 9.17) is 9.73 Å². The molecule has 0 bridgehead atoms. The Labute approximate surface area is 168 Å². The summed E-state index contributed by atoms with van der Waals surface area (Å²) in [5.74, 6) is 2.79. The van der Waals surface area contributed by atoms with Gasteiger partial charge in [-0.3, -0.25) is 4.79 Å². The molecule has 3 rings (SSSR count). The maximum atomic E-state index is 11.7. The first-order valence-electron chi connectivity index (χ1n) is 10.7. The minimum Gasteiger partial charge on any atom is -0.493 e. The van der Waals surface area contributed by atoms with E-state index in [0.717, 1.165) is 68.8 Å². The van der Waals surface area contributed by atoms with E-state index in [0.29, 0.717) is 18.9 Å². The van der Waals surface area contributed by atoms with Gasteiger partial charge in [-0.2, -0.15) is 0 Å². The van der Waals surface area contributed by atoms with Gasteiger partial charge in [0.1, 0.15) is 5.75 Å². The van der Waals surface area contributed by atoms with Crippen LogP contribution < -0.4 is 15.4 Å². The number of nitrogens with one attached hydrogen (secondary N) is 2. The Kier molecular flexibility index (Phi) is 7.57. The van der Waals surface area contributed by atoms with Gasteiger partial charge >= 0.3 is 0 Å². The second kappa shape index (κ2) is 10.3. The average Bonchev–Trinajstić information content (AvgIpc) is 3.43. The first-order chi connectivity index (χ1) is 13.7. The predicted octanol–water partition coefficient (Wildman–Crippen LogP) is 2.85. The van der Waals surface area contributed by atoms with Gasteiger partial charge in [0.15, 0.2) is 5.96 Å². The second-order valence-electron chi connectivity index (χ2n) is 7.83. The molecule has 0 unspecified atom stereocenters. The lowest BCUT2D eigenvalue weighted by atomic mass is 10.1. The van der Waals surface area contributed by atoms with Gasteiger partial charge in [-0.25, -0.2) is 4.99 Å². The third-order valence-corrected chi connectivity index (χ3v) is 5.21. The number of likely N-dealkylation sites (tertiary alicyclic amines) is 1. The number of aryl methyl sites for hydroxylation is 1. The molecule has 1 heterocycles. The summed E-state index contributed by atoms with van der Waals surface area (Å²) in [6.07, 6.45) is 5.21. The van der Waals surface area contributed by atoms with Crippen LogP contribution in [0.1, 0.15) is 50.2 Å². The van der Waals surface area contributed by atoms with E-state index < -0.39 is 0 Å². The molecule has 2 aliphatic rings. The van der Waals surface area contributed by atoms with Crippen molar-refractivity contribution in [2.24, 2.45) is 10.9 Å². The fourth-order valence-corrected chi connectivity index (χ4v) is 3.34. The number of carbonyl (C=O) groups excluding carboxylic acids is 1. The number of benzene rings is 1. The highest BCUT2D eigenvalue weighted by molar-refractivity contribution is 5.80. The molecule has 6 heteroatoms. The van der Waals surface area contributed by atoms with Crippen LogP contribution in [-0.2, 0) is 11.3 Å².